The lowest BCUT2D eigenvalue weighted by Crippen LogP contribution is -2.14. The molecule has 0 radical (unpaired) electrons. The fourth-order valence-corrected chi connectivity index (χ4v) is 2.95. The van der Waals surface area contributed by atoms with Gasteiger partial charge in [-0.15, -0.1) is 0 Å². The largest absolute Gasteiger partial charge is 0.403 e. The van der Waals surface area contributed by atoms with Gasteiger partial charge in [0.1, 0.15) is 5.39 Å². The molecule has 2 rings (SSSR count). The normalized spacial score (nSPS) is 11.6. The number of allylic oxidation sites excluding steroid dienone is 3. The molecule has 0 saturated carbocycles. The van der Waals surface area contributed by atoms with Crippen molar-refractivity contribution in [2.24, 2.45) is 0 Å². The molecule has 2 aromatic heterocycles. The topological polar surface area (TPSA) is 76.0 Å². The molecular weight excluding hydrogens is 324 g/mol. The Kier molecular flexibility index (Phi) is 8.26. The van der Waals surface area contributed by atoms with E-state index in [2.05, 4.69) is 9.97 Å². The van der Waals surface area contributed by atoms with Crippen LogP contribution < -0.4 is 11.2 Å². The Morgan fingerprint density at radius 3 is 2.62 bits per heavy atom. The summed E-state index contributed by atoms with van der Waals surface area (Å²) in [5, 5.41) is 0.795. The second-order valence-electron chi connectivity index (χ2n) is 4.65. The average molecular weight is 348 g/mol. The molecule has 0 saturated heterocycles. The van der Waals surface area contributed by atoms with E-state index in [9.17, 15) is 9.59 Å². The molecule has 0 aliphatic heterocycles. The average Bonchev–Trinajstić information content (AvgIpc) is 2.59. The molecule has 0 aromatic carbocycles. The monoisotopic (exact) mass is 348 g/mol. The highest BCUT2D eigenvalue weighted by atomic mass is 32.2. The molecule has 1 N–H and O–H groups in total. The first-order valence-corrected chi connectivity index (χ1v) is 9.05. The van der Waals surface area contributed by atoms with Gasteiger partial charge in [0.05, 0.1) is 0 Å². The molecule has 0 atom stereocenters. The highest BCUT2D eigenvalue weighted by Gasteiger charge is 2.12. The van der Waals surface area contributed by atoms with Crippen molar-refractivity contribution in [3.05, 3.63) is 56.2 Å². The highest BCUT2D eigenvalue weighted by molar-refractivity contribution is 7.99. The zero-order valence-corrected chi connectivity index (χ0v) is 15.6. The maximum atomic E-state index is 12.2. The van der Waals surface area contributed by atoms with Crippen LogP contribution in [0, 0.1) is 0 Å². The van der Waals surface area contributed by atoms with E-state index in [1.165, 1.54) is 17.8 Å². The minimum Gasteiger partial charge on any atom is -0.403 e. The summed E-state index contributed by atoms with van der Waals surface area (Å²) in [5.41, 5.74) is 1.12. The number of hydrogen-bond donors (Lipinski definition) is 1. The molecule has 6 heteroatoms. The van der Waals surface area contributed by atoms with E-state index in [1.54, 1.807) is 0 Å². The Hall–Kier alpha value is -2.08. The van der Waals surface area contributed by atoms with Crippen LogP contribution >= 0.6 is 11.8 Å². The summed E-state index contributed by atoms with van der Waals surface area (Å²) < 4.78 is 5.08. The summed E-state index contributed by atoms with van der Waals surface area (Å²) in [4.78, 5) is 30.8. The van der Waals surface area contributed by atoms with Crippen LogP contribution in [0.2, 0.25) is 0 Å². The molecule has 0 spiro atoms. The lowest BCUT2D eigenvalue weighted by Gasteiger charge is -2.05. The van der Waals surface area contributed by atoms with Gasteiger partial charge in [-0.05, 0) is 31.4 Å². The number of aryl methyl sites for hydroxylation is 1. The second kappa shape index (κ2) is 9.93. The molecule has 130 valence electrons. The Labute approximate surface area is 145 Å². The van der Waals surface area contributed by atoms with E-state index in [0.29, 0.717) is 28.3 Å². The molecule has 24 heavy (non-hydrogen) atoms. The first-order chi connectivity index (χ1) is 11.6. The molecule has 0 aliphatic carbocycles. The van der Waals surface area contributed by atoms with Crippen molar-refractivity contribution >= 4 is 22.9 Å². The van der Waals surface area contributed by atoms with Gasteiger partial charge in [0.15, 0.2) is 5.16 Å². The summed E-state index contributed by atoms with van der Waals surface area (Å²) in [7, 11) is 0. The van der Waals surface area contributed by atoms with Gasteiger partial charge in [0.2, 0.25) is 5.71 Å². The lowest BCUT2D eigenvalue weighted by atomic mass is 10.1. The van der Waals surface area contributed by atoms with Gasteiger partial charge in [-0.2, -0.15) is 4.98 Å². The van der Waals surface area contributed by atoms with Gasteiger partial charge in [0, 0.05) is 11.8 Å². The number of rotatable bonds is 5. The summed E-state index contributed by atoms with van der Waals surface area (Å²) in [6.07, 6.45) is 6.53. The molecule has 2 heterocycles. The zero-order valence-electron chi connectivity index (χ0n) is 14.8. The number of aromatic amines is 1. The van der Waals surface area contributed by atoms with Crippen molar-refractivity contribution in [2.45, 2.75) is 46.2 Å². The number of H-pyrrole nitrogens is 1. The van der Waals surface area contributed by atoms with Crippen LogP contribution in [0.3, 0.4) is 0 Å². The van der Waals surface area contributed by atoms with E-state index in [4.69, 9.17) is 4.42 Å². The third-order valence-corrected chi connectivity index (χ3v) is 4.13. The highest BCUT2D eigenvalue weighted by Crippen LogP contribution is 2.19. The summed E-state index contributed by atoms with van der Waals surface area (Å²) in [5.74, 6) is 0.674. The maximum absolute atomic E-state index is 12.2. The van der Waals surface area contributed by atoms with Gasteiger partial charge in [-0.1, -0.05) is 50.8 Å². The third kappa shape index (κ3) is 4.96. The van der Waals surface area contributed by atoms with Gasteiger partial charge in [-0.3, -0.25) is 4.79 Å². The first-order valence-electron chi connectivity index (χ1n) is 8.06. The van der Waals surface area contributed by atoms with Crippen LogP contribution in [0.1, 0.15) is 40.2 Å². The van der Waals surface area contributed by atoms with Crippen molar-refractivity contribution in [1.29, 1.82) is 0 Å². The SMILES string of the molecule is C/C=C\C(=C/C)CSc1nc2oc(=O)cc(CC)c2c(=O)[nH]1.CC. The van der Waals surface area contributed by atoms with Crippen molar-refractivity contribution in [3.63, 3.8) is 0 Å². The standard InChI is InChI=1S/C16H18N2O3S.C2H6/c1-4-7-10(5-2)9-22-16-17-14(20)13-11(6-3)8-12(19)21-15(13)18-16;1-2/h4-5,7-8H,6,9H2,1-3H3,(H,17,18,20);1-2H3/b7-4-,10-5+;. The molecule has 5 nitrogen and oxygen atoms in total. The zero-order chi connectivity index (χ0) is 18.1. The van der Waals surface area contributed by atoms with E-state index < -0.39 is 5.63 Å². The fraction of sp³-hybridized carbons (Fsp3) is 0.389. The number of thioether (sulfide) groups is 1. The number of hydrogen-bond acceptors (Lipinski definition) is 5. The smallest absolute Gasteiger partial charge is 0.337 e. The van der Waals surface area contributed by atoms with Gasteiger partial charge < -0.3 is 9.40 Å². The lowest BCUT2D eigenvalue weighted by molar-refractivity contribution is 0.541. The van der Waals surface area contributed by atoms with Crippen molar-refractivity contribution < 1.29 is 4.42 Å². The van der Waals surface area contributed by atoms with E-state index in [-0.39, 0.29) is 11.3 Å². The van der Waals surface area contributed by atoms with Crippen LogP contribution in [0.15, 0.2) is 49.0 Å². The fourth-order valence-electron chi connectivity index (χ4n) is 2.07. The van der Waals surface area contributed by atoms with Crippen LogP contribution in [0.25, 0.3) is 11.1 Å². The first kappa shape index (κ1) is 20.0. The number of nitrogens with zero attached hydrogens (tertiary/aromatic N) is 1. The summed E-state index contributed by atoms with van der Waals surface area (Å²) in [6, 6.07) is 1.34. The molecule has 0 unspecified atom stereocenters. The summed E-state index contributed by atoms with van der Waals surface area (Å²) in [6.45, 7) is 9.79. The van der Waals surface area contributed by atoms with Gasteiger partial charge in [0.25, 0.3) is 5.56 Å². The van der Waals surface area contributed by atoms with Gasteiger partial charge >= 0.3 is 5.63 Å². The van der Waals surface area contributed by atoms with Crippen LogP contribution in [0.4, 0.5) is 0 Å². The van der Waals surface area contributed by atoms with E-state index >= 15 is 0 Å². The molecule has 0 aliphatic rings. The Morgan fingerprint density at radius 2 is 2.04 bits per heavy atom. The Bertz CT molecular complexity index is 847. The maximum Gasteiger partial charge on any atom is 0.337 e. The number of aromatic nitrogens is 2. The molecule has 2 aromatic rings. The van der Waals surface area contributed by atoms with E-state index in [1.807, 2.05) is 52.8 Å². The predicted molar refractivity (Wildman–Crippen MR) is 101 cm³/mol. The van der Waals surface area contributed by atoms with Crippen LogP contribution in [0.5, 0.6) is 0 Å². The van der Waals surface area contributed by atoms with Gasteiger partial charge in [-0.25, -0.2) is 4.79 Å². The molecular formula is C18H24N2O3S. The second-order valence-corrected chi connectivity index (χ2v) is 5.61. The van der Waals surface area contributed by atoms with Crippen LogP contribution in [-0.2, 0) is 6.42 Å². The summed E-state index contributed by atoms with van der Waals surface area (Å²) >= 11 is 1.39. The van der Waals surface area contributed by atoms with Crippen LogP contribution in [-0.4, -0.2) is 15.7 Å². The predicted octanol–water partition coefficient (Wildman–Crippen LogP) is 4.08. The van der Waals surface area contributed by atoms with E-state index in [0.717, 1.165) is 5.57 Å². The molecule has 0 fully saturated rings. The minimum absolute atomic E-state index is 0.101. The third-order valence-electron chi connectivity index (χ3n) is 3.18. The van der Waals surface area contributed by atoms with Crippen molar-refractivity contribution in [2.75, 3.05) is 5.75 Å². The van der Waals surface area contributed by atoms with Crippen molar-refractivity contribution in [3.8, 4) is 0 Å². The number of fused-ring (bicyclic) bond motifs is 1. The quantitative estimate of drug-likeness (QED) is 0.500. The molecule has 0 amide bonds. The molecule has 0 bridgehead atoms. The minimum atomic E-state index is -0.485. The Morgan fingerprint density at radius 1 is 1.33 bits per heavy atom. The van der Waals surface area contributed by atoms with Crippen molar-refractivity contribution in [1.82, 2.24) is 9.97 Å². The Balaban J connectivity index is 0.00000139. The number of nitrogens with one attached hydrogen (secondary N) is 1.